The smallest absolute Gasteiger partial charge is 0.338 e. The van der Waals surface area contributed by atoms with E-state index in [2.05, 4.69) is 4.98 Å². The minimum absolute atomic E-state index is 0.0282. The molecule has 6 heteroatoms. The number of esters is 1. The molecule has 0 fully saturated rings. The Kier molecular flexibility index (Phi) is 7.05. The van der Waals surface area contributed by atoms with Crippen LogP contribution in [-0.2, 0) is 22.7 Å². The van der Waals surface area contributed by atoms with Gasteiger partial charge >= 0.3 is 5.97 Å². The molecule has 154 valence electrons. The molecule has 0 saturated heterocycles. The van der Waals surface area contributed by atoms with Crippen molar-refractivity contribution in [3.05, 3.63) is 89.8 Å². The van der Waals surface area contributed by atoms with Gasteiger partial charge in [0.1, 0.15) is 30.5 Å². The fourth-order valence-electron chi connectivity index (χ4n) is 2.93. The first-order chi connectivity index (χ1) is 14.6. The monoisotopic (exact) mass is 405 g/mol. The molecular weight excluding hydrogens is 382 g/mol. The van der Waals surface area contributed by atoms with Crippen LogP contribution in [0.3, 0.4) is 0 Å². The van der Waals surface area contributed by atoms with E-state index in [-0.39, 0.29) is 19.0 Å². The van der Waals surface area contributed by atoms with Crippen molar-refractivity contribution in [2.24, 2.45) is 0 Å². The Labute approximate surface area is 175 Å². The summed E-state index contributed by atoms with van der Waals surface area (Å²) in [6.45, 7) is 2.26. The first-order valence-corrected chi connectivity index (χ1v) is 9.43. The normalized spacial score (nSPS) is 11.1. The Bertz CT molecular complexity index is 1030. The second kappa shape index (κ2) is 10.1. The van der Waals surface area contributed by atoms with E-state index in [1.54, 1.807) is 25.3 Å². The summed E-state index contributed by atoms with van der Waals surface area (Å²) in [6, 6.07) is 17.7. The van der Waals surface area contributed by atoms with Crippen LogP contribution < -0.4 is 9.47 Å². The van der Waals surface area contributed by atoms with Crippen molar-refractivity contribution in [3.8, 4) is 17.2 Å². The van der Waals surface area contributed by atoms with Crippen molar-refractivity contribution in [2.75, 3.05) is 7.11 Å². The number of allylic oxidation sites excluding steroid dienone is 1. The molecule has 0 unspecified atom stereocenters. The van der Waals surface area contributed by atoms with Gasteiger partial charge in [0.15, 0.2) is 0 Å². The third-order valence-corrected chi connectivity index (χ3v) is 4.37. The number of hydrogen-bond donors (Lipinski definition) is 1. The van der Waals surface area contributed by atoms with Crippen LogP contribution in [-0.4, -0.2) is 23.2 Å². The summed E-state index contributed by atoms with van der Waals surface area (Å²) >= 11 is 0. The molecule has 0 aliphatic rings. The predicted molar refractivity (Wildman–Crippen MR) is 113 cm³/mol. The van der Waals surface area contributed by atoms with Crippen molar-refractivity contribution in [1.82, 2.24) is 4.98 Å². The number of carbonyl (C=O) groups is 1. The van der Waals surface area contributed by atoms with Gasteiger partial charge in [0.25, 0.3) is 0 Å². The second-order valence-electron chi connectivity index (χ2n) is 6.41. The fourth-order valence-corrected chi connectivity index (χ4v) is 2.93. The number of aromatic hydroxyl groups is 1. The lowest BCUT2D eigenvalue weighted by Gasteiger charge is -2.14. The summed E-state index contributed by atoms with van der Waals surface area (Å²) in [6.07, 6.45) is 3.41. The second-order valence-corrected chi connectivity index (χ2v) is 6.41. The van der Waals surface area contributed by atoms with Gasteiger partial charge in [0, 0.05) is 24.4 Å². The maximum Gasteiger partial charge on any atom is 0.338 e. The summed E-state index contributed by atoms with van der Waals surface area (Å²) in [7, 11) is 1.35. The maximum absolute atomic E-state index is 12.1. The molecule has 0 spiro atoms. The zero-order chi connectivity index (χ0) is 21.3. The third kappa shape index (κ3) is 5.38. The largest absolute Gasteiger partial charge is 0.508 e. The van der Waals surface area contributed by atoms with E-state index in [1.807, 2.05) is 42.5 Å². The number of nitrogens with zero attached hydrogens (tertiary/aromatic N) is 1. The molecule has 0 radical (unpaired) electrons. The van der Waals surface area contributed by atoms with E-state index in [0.29, 0.717) is 17.1 Å². The van der Waals surface area contributed by atoms with E-state index in [4.69, 9.17) is 14.2 Å². The molecule has 6 nitrogen and oxygen atoms in total. The highest BCUT2D eigenvalue weighted by molar-refractivity contribution is 6.16. The van der Waals surface area contributed by atoms with Crippen LogP contribution in [0.5, 0.6) is 17.2 Å². The van der Waals surface area contributed by atoms with Crippen LogP contribution >= 0.6 is 0 Å². The fraction of sp³-hybridized carbons (Fsp3) is 0.167. The number of hydrogen-bond acceptors (Lipinski definition) is 6. The molecule has 2 aromatic carbocycles. The first kappa shape index (κ1) is 20.9. The summed E-state index contributed by atoms with van der Waals surface area (Å²) in [5.74, 6) is 0.529. The lowest BCUT2D eigenvalue weighted by molar-refractivity contribution is -0.133. The van der Waals surface area contributed by atoms with Crippen molar-refractivity contribution in [1.29, 1.82) is 0 Å². The van der Waals surface area contributed by atoms with Crippen LogP contribution in [0.15, 0.2) is 72.9 Å². The van der Waals surface area contributed by atoms with Crippen LogP contribution in [0.25, 0.3) is 5.57 Å². The summed E-state index contributed by atoms with van der Waals surface area (Å²) in [5, 5.41) is 10.0. The van der Waals surface area contributed by atoms with Gasteiger partial charge in [0.2, 0.25) is 0 Å². The number of carbonyl (C=O) groups excluding carboxylic acids is 1. The van der Waals surface area contributed by atoms with E-state index < -0.39 is 5.97 Å². The van der Waals surface area contributed by atoms with Crippen LogP contribution in [0.1, 0.15) is 23.7 Å². The van der Waals surface area contributed by atoms with Gasteiger partial charge in [0.05, 0.1) is 18.4 Å². The lowest BCUT2D eigenvalue weighted by atomic mass is 10.00. The Morgan fingerprint density at radius 3 is 2.37 bits per heavy atom. The quantitative estimate of drug-likeness (QED) is 0.439. The van der Waals surface area contributed by atoms with E-state index >= 15 is 0 Å². The maximum atomic E-state index is 12.1. The zero-order valence-electron chi connectivity index (χ0n) is 16.9. The van der Waals surface area contributed by atoms with Gasteiger partial charge in [-0.15, -0.1) is 0 Å². The molecule has 1 N–H and O–H groups in total. The SMILES string of the molecule is CC=C(C(=O)OC)c1ccccc1COc1cc(O)cc(OCc2ccccn2)c1. The number of benzene rings is 2. The molecule has 0 saturated carbocycles. The van der Waals surface area contributed by atoms with Gasteiger partial charge < -0.3 is 19.3 Å². The highest BCUT2D eigenvalue weighted by atomic mass is 16.5. The molecule has 1 heterocycles. The minimum Gasteiger partial charge on any atom is -0.508 e. The molecule has 0 bridgehead atoms. The number of ether oxygens (including phenoxy) is 3. The van der Waals surface area contributed by atoms with E-state index in [9.17, 15) is 9.90 Å². The van der Waals surface area contributed by atoms with Crippen LogP contribution in [0, 0.1) is 0 Å². The average molecular weight is 405 g/mol. The summed E-state index contributed by atoms with van der Waals surface area (Å²) in [4.78, 5) is 16.3. The van der Waals surface area contributed by atoms with Crippen molar-refractivity contribution in [2.45, 2.75) is 20.1 Å². The lowest BCUT2D eigenvalue weighted by Crippen LogP contribution is -2.07. The molecule has 3 rings (SSSR count). The number of rotatable bonds is 8. The van der Waals surface area contributed by atoms with Crippen molar-refractivity contribution >= 4 is 11.5 Å². The van der Waals surface area contributed by atoms with Gasteiger partial charge in [-0.1, -0.05) is 36.4 Å². The Morgan fingerprint density at radius 1 is 1.00 bits per heavy atom. The standard InChI is InChI=1S/C24H23NO5/c1-3-22(24(27)28-2)23-10-5-4-8-17(23)15-29-20-12-19(26)13-21(14-20)30-16-18-9-6-7-11-25-18/h3-14,26H,15-16H2,1-2H3. The zero-order valence-corrected chi connectivity index (χ0v) is 16.9. The van der Waals surface area contributed by atoms with Crippen LogP contribution in [0.2, 0.25) is 0 Å². The third-order valence-electron chi connectivity index (χ3n) is 4.37. The molecule has 0 aliphatic heterocycles. The molecule has 1 aromatic heterocycles. The van der Waals surface area contributed by atoms with E-state index in [1.165, 1.54) is 19.2 Å². The van der Waals surface area contributed by atoms with Gasteiger partial charge in [-0.25, -0.2) is 4.79 Å². The highest BCUT2D eigenvalue weighted by Gasteiger charge is 2.15. The number of phenols is 1. The predicted octanol–water partition coefficient (Wildman–Crippen LogP) is 4.52. The number of phenolic OH excluding ortho intramolecular Hbond substituents is 1. The Hall–Kier alpha value is -3.80. The number of methoxy groups -OCH3 is 1. The molecule has 0 amide bonds. The van der Waals surface area contributed by atoms with Crippen LogP contribution in [0.4, 0.5) is 0 Å². The molecule has 3 aromatic rings. The van der Waals surface area contributed by atoms with Gasteiger partial charge in [-0.3, -0.25) is 4.98 Å². The summed E-state index contributed by atoms with van der Waals surface area (Å²) in [5.41, 5.74) is 2.79. The Balaban J connectivity index is 1.73. The van der Waals surface area contributed by atoms with Crippen molar-refractivity contribution in [3.63, 3.8) is 0 Å². The van der Waals surface area contributed by atoms with Crippen molar-refractivity contribution < 1.29 is 24.1 Å². The molecular formula is C24H23NO5. The van der Waals surface area contributed by atoms with E-state index in [0.717, 1.165) is 16.8 Å². The number of aromatic nitrogens is 1. The number of pyridine rings is 1. The minimum atomic E-state index is -0.410. The van der Waals surface area contributed by atoms with Gasteiger partial charge in [-0.2, -0.15) is 0 Å². The summed E-state index contributed by atoms with van der Waals surface area (Å²) < 4.78 is 16.5. The first-order valence-electron chi connectivity index (χ1n) is 9.43. The molecule has 0 atom stereocenters. The average Bonchev–Trinajstić information content (AvgIpc) is 2.78. The Morgan fingerprint density at radius 2 is 1.70 bits per heavy atom. The highest BCUT2D eigenvalue weighted by Crippen LogP contribution is 2.29. The van der Waals surface area contributed by atoms with Gasteiger partial charge in [-0.05, 0) is 30.2 Å². The molecule has 0 aliphatic carbocycles. The molecule has 30 heavy (non-hydrogen) atoms. The topological polar surface area (TPSA) is 77.9 Å².